The second-order valence-corrected chi connectivity index (χ2v) is 6.12. The molecule has 3 aromatic carbocycles. The van der Waals surface area contributed by atoms with Crippen LogP contribution in [0.15, 0.2) is 72.8 Å². The van der Waals surface area contributed by atoms with Gasteiger partial charge in [0, 0.05) is 16.5 Å². The van der Waals surface area contributed by atoms with Gasteiger partial charge in [-0.05, 0) is 67.1 Å². The second-order valence-electron chi connectivity index (χ2n) is 6.12. The van der Waals surface area contributed by atoms with Gasteiger partial charge in [-0.2, -0.15) is 0 Å². The molecule has 0 saturated carbocycles. The van der Waals surface area contributed by atoms with Gasteiger partial charge in [0.05, 0.1) is 5.69 Å². The Balaban J connectivity index is 1.61. The molecule has 128 valence electrons. The van der Waals surface area contributed by atoms with Crippen LogP contribution in [0, 0.1) is 6.92 Å². The summed E-state index contributed by atoms with van der Waals surface area (Å²) >= 11 is 0. The van der Waals surface area contributed by atoms with Crippen molar-refractivity contribution < 1.29 is 14.6 Å². The van der Waals surface area contributed by atoms with Crippen LogP contribution >= 0.6 is 0 Å². The van der Waals surface area contributed by atoms with E-state index >= 15 is 0 Å². The maximum atomic E-state index is 12.9. The van der Waals surface area contributed by atoms with Gasteiger partial charge in [-0.1, -0.05) is 18.2 Å². The van der Waals surface area contributed by atoms with Gasteiger partial charge in [0.15, 0.2) is 0 Å². The number of phenols is 1. The van der Waals surface area contributed by atoms with Crippen LogP contribution in [0.5, 0.6) is 17.2 Å². The Morgan fingerprint density at radius 3 is 2.35 bits per heavy atom. The van der Waals surface area contributed by atoms with E-state index in [2.05, 4.69) is 4.98 Å². The number of nitrogens with one attached hydrogen (secondary N) is 1. The first-order valence-electron chi connectivity index (χ1n) is 8.31. The highest BCUT2D eigenvalue weighted by Gasteiger charge is 2.17. The van der Waals surface area contributed by atoms with E-state index in [4.69, 9.17) is 4.74 Å². The summed E-state index contributed by atoms with van der Waals surface area (Å²) in [6.07, 6.45) is 0. The molecule has 4 heteroatoms. The Morgan fingerprint density at radius 2 is 1.62 bits per heavy atom. The molecule has 0 aliphatic heterocycles. The van der Waals surface area contributed by atoms with Crippen molar-refractivity contribution in [2.24, 2.45) is 0 Å². The number of rotatable bonds is 4. The number of hydrogen-bond donors (Lipinski definition) is 2. The van der Waals surface area contributed by atoms with E-state index in [0.29, 0.717) is 17.0 Å². The van der Waals surface area contributed by atoms with E-state index in [1.807, 2.05) is 37.3 Å². The van der Waals surface area contributed by atoms with Crippen molar-refractivity contribution in [2.75, 3.05) is 0 Å². The van der Waals surface area contributed by atoms with Crippen LogP contribution in [0.25, 0.3) is 10.9 Å². The lowest BCUT2D eigenvalue weighted by Crippen LogP contribution is -2.03. The molecule has 0 atom stereocenters. The molecule has 0 aliphatic carbocycles. The first-order valence-corrected chi connectivity index (χ1v) is 8.31. The quantitative estimate of drug-likeness (QED) is 0.500. The molecule has 4 rings (SSSR count). The van der Waals surface area contributed by atoms with Crippen molar-refractivity contribution in [1.82, 2.24) is 4.98 Å². The SMILES string of the molecule is Cc1c(C(=O)c2ccc(Oc3ccccc3)cc2)[nH]c2ccc(O)cc12. The predicted molar refractivity (Wildman–Crippen MR) is 101 cm³/mol. The number of aromatic nitrogens is 1. The molecule has 1 heterocycles. The lowest BCUT2D eigenvalue weighted by Gasteiger charge is -2.06. The molecule has 0 amide bonds. The molecule has 26 heavy (non-hydrogen) atoms. The first-order chi connectivity index (χ1) is 12.6. The molecule has 0 saturated heterocycles. The number of benzene rings is 3. The molecule has 4 nitrogen and oxygen atoms in total. The van der Waals surface area contributed by atoms with E-state index in [1.165, 1.54) is 0 Å². The molecular weight excluding hydrogens is 326 g/mol. The minimum atomic E-state index is -0.0931. The molecule has 0 unspecified atom stereocenters. The summed E-state index contributed by atoms with van der Waals surface area (Å²) in [5, 5.41) is 10.5. The first kappa shape index (κ1) is 16.0. The van der Waals surface area contributed by atoms with Crippen molar-refractivity contribution in [1.29, 1.82) is 0 Å². The fraction of sp³-hybridized carbons (Fsp3) is 0.0455. The number of aryl methyl sites for hydroxylation is 1. The van der Waals surface area contributed by atoms with Gasteiger partial charge in [0.1, 0.15) is 17.2 Å². The number of ketones is 1. The number of hydrogen-bond acceptors (Lipinski definition) is 3. The van der Waals surface area contributed by atoms with Crippen LogP contribution in [-0.2, 0) is 0 Å². The van der Waals surface area contributed by atoms with Crippen molar-refractivity contribution in [3.63, 3.8) is 0 Å². The lowest BCUT2D eigenvalue weighted by molar-refractivity contribution is 0.103. The number of phenolic OH excluding ortho intramolecular Hbond substituents is 1. The van der Waals surface area contributed by atoms with Gasteiger partial charge >= 0.3 is 0 Å². The topological polar surface area (TPSA) is 62.3 Å². The minimum Gasteiger partial charge on any atom is -0.508 e. The zero-order valence-electron chi connectivity index (χ0n) is 14.2. The number of aromatic amines is 1. The Morgan fingerprint density at radius 1 is 0.923 bits per heavy atom. The van der Waals surface area contributed by atoms with Gasteiger partial charge < -0.3 is 14.8 Å². The van der Waals surface area contributed by atoms with E-state index < -0.39 is 0 Å². The van der Waals surface area contributed by atoms with Gasteiger partial charge in [-0.15, -0.1) is 0 Å². The van der Waals surface area contributed by atoms with Crippen LogP contribution in [-0.4, -0.2) is 15.9 Å². The predicted octanol–water partition coefficient (Wildman–Crippen LogP) is 5.21. The Bertz CT molecular complexity index is 1080. The normalized spacial score (nSPS) is 10.8. The van der Waals surface area contributed by atoms with Gasteiger partial charge in [0.25, 0.3) is 0 Å². The summed E-state index contributed by atoms with van der Waals surface area (Å²) in [7, 11) is 0. The Labute approximate surface area is 150 Å². The molecule has 0 fully saturated rings. The molecule has 0 aliphatic rings. The standard InChI is InChI=1S/C22H17NO3/c1-14-19-13-16(24)9-12-20(19)23-21(14)22(25)15-7-10-18(11-8-15)26-17-5-3-2-4-6-17/h2-13,23-24H,1H3. The van der Waals surface area contributed by atoms with E-state index in [-0.39, 0.29) is 11.5 Å². The van der Waals surface area contributed by atoms with Crippen LogP contribution in [0.2, 0.25) is 0 Å². The van der Waals surface area contributed by atoms with Gasteiger partial charge in [-0.3, -0.25) is 4.79 Å². The third kappa shape index (κ3) is 2.93. The average Bonchev–Trinajstić information content (AvgIpc) is 2.99. The minimum absolute atomic E-state index is 0.0931. The van der Waals surface area contributed by atoms with Crippen LogP contribution in [0.3, 0.4) is 0 Å². The number of aromatic hydroxyl groups is 1. The maximum absolute atomic E-state index is 12.9. The highest BCUT2D eigenvalue weighted by Crippen LogP contribution is 2.28. The number of carbonyl (C=O) groups excluding carboxylic acids is 1. The summed E-state index contributed by atoms with van der Waals surface area (Å²) in [6.45, 7) is 1.87. The molecular formula is C22H17NO3. The lowest BCUT2D eigenvalue weighted by atomic mass is 10.0. The number of carbonyl (C=O) groups is 1. The highest BCUT2D eigenvalue weighted by atomic mass is 16.5. The fourth-order valence-electron chi connectivity index (χ4n) is 2.98. The van der Waals surface area contributed by atoms with Crippen molar-refractivity contribution >= 4 is 16.7 Å². The molecule has 4 aromatic rings. The molecule has 0 bridgehead atoms. The molecule has 0 spiro atoms. The van der Waals surface area contributed by atoms with Gasteiger partial charge in [0.2, 0.25) is 5.78 Å². The van der Waals surface area contributed by atoms with E-state index in [1.54, 1.807) is 42.5 Å². The van der Waals surface area contributed by atoms with Crippen LogP contribution in [0.4, 0.5) is 0 Å². The van der Waals surface area contributed by atoms with Crippen LogP contribution < -0.4 is 4.74 Å². The van der Waals surface area contributed by atoms with E-state index in [0.717, 1.165) is 22.2 Å². The number of para-hydroxylation sites is 1. The van der Waals surface area contributed by atoms with Crippen molar-refractivity contribution in [2.45, 2.75) is 6.92 Å². The zero-order valence-corrected chi connectivity index (χ0v) is 14.2. The van der Waals surface area contributed by atoms with Crippen LogP contribution in [0.1, 0.15) is 21.6 Å². The largest absolute Gasteiger partial charge is 0.508 e. The van der Waals surface area contributed by atoms with Crippen molar-refractivity contribution in [3.8, 4) is 17.2 Å². The smallest absolute Gasteiger partial charge is 0.209 e. The second kappa shape index (κ2) is 6.41. The summed E-state index contributed by atoms with van der Waals surface area (Å²) in [6, 6.07) is 21.6. The Hall–Kier alpha value is -3.53. The fourth-order valence-corrected chi connectivity index (χ4v) is 2.98. The average molecular weight is 343 g/mol. The molecule has 1 aromatic heterocycles. The zero-order chi connectivity index (χ0) is 18.1. The maximum Gasteiger partial charge on any atom is 0.209 e. The summed E-state index contributed by atoms with van der Waals surface area (Å²) in [5.41, 5.74) is 2.75. The third-order valence-electron chi connectivity index (χ3n) is 4.36. The van der Waals surface area contributed by atoms with Crippen molar-refractivity contribution in [3.05, 3.63) is 89.6 Å². The number of ether oxygens (including phenoxy) is 1. The monoisotopic (exact) mass is 343 g/mol. The van der Waals surface area contributed by atoms with E-state index in [9.17, 15) is 9.90 Å². The Kier molecular flexibility index (Phi) is 3.93. The van der Waals surface area contributed by atoms with Gasteiger partial charge in [-0.25, -0.2) is 0 Å². The highest BCUT2D eigenvalue weighted by molar-refractivity contribution is 6.11. The molecule has 2 N–H and O–H groups in total. The summed E-state index contributed by atoms with van der Waals surface area (Å²) < 4.78 is 5.76. The number of H-pyrrole nitrogens is 1. The third-order valence-corrected chi connectivity index (χ3v) is 4.36. The summed E-state index contributed by atoms with van der Waals surface area (Å²) in [5.74, 6) is 1.51. The molecule has 0 radical (unpaired) electrons. The summed E-state index contributed by atoms with van der Waals surface area (Å²) in [4.78, 5) is 16.0. The number of fused-ring (bicyclic) bond motifs is 1.